The van der Waals surface area contributed by atoms with Crippen LogP contribution in [0.15, 0.2) is 27.7 Å². The third-order valence-electron chi connectivity index (χ3n) is 3.34. The summed E-state index contributed by atoms with van der Waals surface area (Å²) in [5.74, 6) is 0.680. The fraction of sp³-hybridized carbons (Fsp3) is 0.385. The lowest BCUT2D eigenvalue weighted by Crippen LogP contribution is -2.22. The van der Waals surface area contributed by atoms with Gasteiger partial charge in [0.05, 0.1) is 17.2 Å². The largest absolute Gasteiger partial charge is 0.298 e. The number of aryl methyl sites for hydroxylation is 1. The minimum atomic E-state index is 0.0840. The summed E-state index contributed by atoms with van der Waals surface area (Å²) < 4.78 is 2.72. The molecule has 17 heavy (non-hydrogen) atoms. The molecule has 1 heterocycles. The lowest BCUT2D eigenvalue weighted by atomic mass is 10.1. The van der Waals surface area contributed by atoms with Crippen LogP contribution in [0, 0.1) is 12.8 Å². The van der Waals surface area contributed by atoms with E-state index < -0.39 is 0 Å². The summed E-state index contributed by atoms with van der Waals surface area (Å²) in [6.07, 6.45) is 4.15. The summed E-state index contributed by atoms with van der Waals surface area (Å²) >= 11 is 3.46. The molecule has 88 valence electrons. The SMILES string of the molecule is Cc1c(Br)ccc2ncn(CC3CC3)c(=O)c12. The van der Waals surface area contributed by atoms with E-state index in [-0.39, 0.29) is 5.56 Å². The lowest BCUT2D eigenvalue weighted by Gasteiger charge is -2.08. The van der Waals surface area contributed by atoms with Crippen molar-refractivity contribution >= 4 is 26.8 Å². The first kappa shape index (κ1) is 11.0. The summed E-state index contributed by atoms with van der Waals surface area (Å²) in [5.41, 5.74) is 1.84. The smallest absolute Gasteiger partial charge is 0.261 e. The van der Waals surface area contributed by atoms with Gasteiger partial charge < -0.3 is 0 Å². The van der Waals surface area contributed by atoms with Crippen LogP contribution in [0.3, 0.4) is 0 Å². The Hall–Kier alpha value is -1.16. The second kappa shape index (κ2) is 3.95. The summed E-state index contributed by atoms with van der Waals surface area (Å²) in [7, 11) is 0. The predicted octanol–water partition coefficient (Wildman–Crippen LogP) is 2.88. The second-order valence-electron chi connectivity index (χ2n) is 4.71. The van der Waals surface area contributed by atoms with E-state index in [9.17, 15) is 4.79 Å². The van der Waals surface area contributed by atoms with Crippen molar-refractivity contribution in [3.05, 3.63) is 38.9 Å². The van der Waals surface area contributed by atoms with E-state index in [4.69, 9.17) is 0 Å². The van der Waals surface area contributed by atoms with Crippen molar-refractivity contribution in [1.29, 1.82) is 0 Å². The average Bonchev–Trinajstić information content (AvgIpc) is 3.11. The van der Waals surface area contributed by atoms with E-state index >= 15 is 0 Å². The molecule has 1 aromatic carbocycles. The van der Waals surface area contributed by atoms with Gasteiger partial charge in [-0.25, -0.2) is 4.98 Å². The molecular weight excluding hydrogens is 280 g/mol. The molecule has 1 saturated carbocycles. The fourth-order valence-electron chi connectivity index (χ4n) is 2.09. The van der Waals surface area contributed by atoms with E-state index in [1.54, 1.807) is 10.9 Å². The molecule has 0 bridgehead atoms. The number of hydrogen-bond donors (Lipinski definition) is 0. The van der Waals surface area contributed by atoms with Gasteiger partial charge in [0.1, 0.15) is 0 Å². The maximum Gasteiger partial charge on any atom is 0.261 e. The molecule has 0 atom stereocenters. The minimum Gasteiger partial charge on any atom is -0.298 e. The van der Waals surface area contributed by atoms with Crippen molar-refractivity contribution < 1.29 is 0 Å². The highest BCUT2D eigenvalue weighted by atomic mass is 79.9. The number of aromatic nitrogens is 2. The number of nitrogens with zero attached hydrogens (tertiary/aromatic N) is 2. The molecule has 3 nitrogen and oxygen atoms in total. The van der Waals surface area contributed by atoms with Crippen LogP contribution in [-0.2, 0) is 6.54 Å². The number of halogens is 1. The molecule has 3 rings (SSSR count). The van der Waals surface area contributed by atoms with Gasteiger partial charge in [0.15, 0.2) is 0 Å². The minimum absolute atomic E-state index is 0.0840. The Balaban J connectivity index is 2.24. The molecule has 0 amide bonds. The molecule has 1 aliphatic rings. The molecule has 4 heteroatoms. The van der Waals surface area contributed by atoms with Crippen LogP contribution in [0.4, 0.5) is 0 Å². The normalized spacial score (nSPS) is 15.4. The third-order valence-corrected chi connectivity index (χ3v) is 4.20. The zero-order valence-electron chi connectivity index (χ0n) is 9.61. The molecule has 0 unspecified atom stereocenters. The van der Waals surface area contributed by atoms with Gasteiger partial charge in [-0.3, -0.25) is 9.36 Å². The van der Waals surface area contributed by atoms with Crippen molar-refractivity contribution in [3.8, 4) is 0 Å². The fourth-order valence-corrected chi connectivity index (χ4v) is 2.42. The highest BCUT2D eigenvalue weighted by Crippen LogP contribution is 2.30. The number of fused-ring (bicyclic) bond motifs is 1. The third kappa shape index (κ3) is 1.90. The van der Waals surface area contributed by atoms with Crippen molar-refractivity contribution in [1.82, 2.24) is 9.55 Å². The van der Waals surface area contributed by atoms with Gasteiger partial charge in [0.25, 0.3) is 5.56 Å². The lowest BCUT2D eigenvalue weighted by molar-refractivity contribution is 0.601. The summed E-state index contributed by atoms with van der Waals surface area (Å²) in [4.78, 5) is 16.7. The number of rotatable bonds is 2. The average molecular weight is 293 g/mol. The van der Waals surface area contributed by atoms with E-state index in [2.05, 4.69) is 20.9 Å². The zero-order valence-corrected chi connectivity index (χ0v) is 11.2. The van der Waals surface area contributed by atoms with Crippen LogP contribution < -0.4 is 5.56 Å². The van der Waals surface area contributed by atoms with Gasteiger partial charge in [0, 0.05) is 11.0 Å². The topological polar surface area (TPSA) is 34.9 Å². The van der Waals surface area contributed by atoms with Crippen molar-refractivity contribution in [3.63, 3.8) is 0 Å². The maximum absolute atomic E-state index is 12.4. The number of benzene rings is 1. The maximum atomic E-state index is 12.4. The van der Waals surface area contributed by atoms with Crippen molar-refractivity contribution in [2.45, 2.75) is 26.3 Å². The quantitative estimate of drug-likeness (QED) is 0.853. The van der Waals surface area contributed by atoms with E-state index in [0.29, 0.717) is 5.92 Å². The van der Waals surface area contributed by atoms with Gasteiger partial charge >= 0.3 is 0 Å². The molecule has 0 N–H and O–H groups in total. The molecule has 1 aromatic heterocycles. The van der Waals surface area contributed by atoms with Crippen molar-refractivity contribution in [2.75, 3.05) is 0 Å². The summed E-state index contributed by atoms with van der Waals surface area (Å²) in [6, 6.07) is 3.82. The van der Waals surface area contributed by atoms with Gasteiger partial charge in [0.2, 0.25) is 0 Å². The summed E-state index contributed by atoms with van der Waals surface area (Å²) in [6.45, 7) is 2.77. The van der Waals surface area contributed by atoms with Crippen LogP contribution in [-0.4, -0.2) is 9.55 Å². The standard InChI is InChI=1S/C13H13BrN2O/c1-8-10(14)4-5-11-12(8)13(17)16(7-15-11)6-9-2-3-9/h4-5,7,9H,2-3,6H2,1H3. The first-order chi connectivity index (χ1) is 8.16. The van der Waals surface area contributed by atoms with Crippen LogP contribution in [0.25, 0.3) is 10.9 Å². The molecular formula is C13H13BrN2O. The van der Waals surface area contributed by atoms with Gasteiger partial charge in [-0.2, -0.15) is 0 Å². The van der Waals surface area contributed by atoms with Crippen molar-refractivity contribution in [2.24, 2.45) is 5.92 Å². The molecule has 0 radical (unpaired) electrons. The van der Waals surface area contributed by atoms with E-state index in [1.807, 2.05) is 19.1 Å². The van der Waals surface area contributed by atoms with Crippen LogP contribution in [0.2, 0.25) is 0 Å². The van der Waals surface area contributed by atoms with Crippen LogP contribution in [0.1, 0.15) is 18.4 Å². The Morgan fingerprint density at radius 3 is 2.94 bits per heavy atom. The molecule has 1 aliphatic carbocycles. The molecule has 0 spiro atoms. The molecule has 1 fully saturated rings. The Kier molecular flexibility index (Phi) is 2.54. The van der Waals surface area contributed by atoms with Crippen LogP contribution >= 0.6 is 15.9 Å². The Bertz CT molecular complexity index is 644. The zero-order chi connectivity index (χ0) is 12.0. The Morgan fingerprint density at radius 2 is 2.24 bits per heavy atom. The van der Waals surface area contributed by atoms with Crippen LogP contribution in [0.5, 0.6) is 0 Å². The monoisotopic (exact) mass is 292 g/mol. The summed E-state index contributed by atoms with van der Waals surface area (Å²) in [5, 5.41) is 0.738. The first-order valence-corrected chi connectivity index (χ1v) is 6.60. The highest BCUT2D eigenvalue weighted by molar-refractivity contribution is 9.10. The van der Waals surface area contributed by atoms with Gasteiger partial charge in [-0.1, -0.05) is 15.9 Å². The van der Waals surface area contributed by atoms with Gasteiger partial charge in [-0.05, 0) is 43.4 Å². The molecule has 2 aromatic rings. The highest BCUT2D eigenvalue weighted by Gasteiger charge is 2.22. The van der Waals surface area contributed by atoms with Gasteiger partial charge in [-0.15, -0.1) is 0 Å². The first-order valence-electron chi connectivity index (χ1n) is 5.81. The van der Waals surface area contributed by atoms with E-state index in [1.165, 1.54) is 12.8 Å². The number of hydrogen-bond acceptors (Lipinski definition) is 2. The second-order valence-corrected chi connectivity index (χ2v) is 5.57. The van der Waals surface area contributed by atoms with E-state index in [0.717, 1.165) is 27.5 Å². The predicted molar refractivity (Wildman–Crippen MR) is 71.2 cm³/mol. The molecule has 0 aliphatic heterocycles. The Labute approximate surface area is 108 Å². The Morgan fingerprint density at radius 1 is 1.47 bits per heavy atom. The molecule has 0 saturated heterocycles.